The molecule has 0 radical (unpaired) electrons. The summed E-state index contributed by atoms with van der Waals surface area (Å²) in [5, 5.41) is 19.9. The van der Waals surface area contributed by atoms with Gasteiger partial charge in [0.25, 0.3) is 0 Å². The molecule has 2 heterocycles. The highest BCUT2D eigenvalue weighted by Gasteiger charge is 2.31. The van der Waals surface area contributed by atoms with Crippen LogP contribution in [0.15, 0.2) is 79.3 Å². The molecule has 2 aromatic heterocycles. The lowest BCUT2D eigenvalue weighted by atomic mass is 9.89. The molecule has 0 spiro atoms. The Bertz CT molecular complexity index is 1470. The summed E-state index contributed by atoms with van der Waals surface area (Å²) in [4.78, 5) is 20.0. The zero-order chi connectivity index (χ0) is 27.9. The van der Waals surface area contributed by atoms with Gasteiger partial charge in [-0.25, -0.2) is 9.78 Å². The molecule has 4 aromatic rings. The maximum absolute atomic E-state index is 13.7. The molecule has 40 heavy (non-hydrogen) atoms. The van der Waals surface area contributed by atoms with Gasteiger partial charge in [-0.2, -0.15) is 10.4 Å². The molecule has 9 nitrogen and oxygen atoms in total. The van der Waals surface area contributed by atoms with Crippen LogP contribution in [0.25, 0.3) is 11.1 Å². The Hall–Kier alpha value is -4.84. The summed E-state index contributed by atoms with van der Waals surface area (Å²) in [6.07, 6.45) is 8.77. The fraction of sp³-hybridized carbons (Fsp3) is 0.290. The van der Waals surface area contributed by atoms with E-state index in [1.54, 1.807) is 30.3 Å². The average Bonchev–Trinajstić information content (AvgIpc) is 3.43. The first kappa shape index (κ1) is 26.8. The second-order valence-electron chi connectivity index (χ2n) is 10.00. The van der Waals surface area contributed by atoms with Crippen LogP contribution >= 0.6 is 0 Å². The third-order valence-electron chi connectivity index (χ3n) is 7.29. The Balaban J connectivity index is 1.35. The van der Waals surface area contributed by atoms with Gasteiger partial charge < -0.3 is 15.4 Å². The molecule has 1 aliphatic rings. The first-order valence-corrected chi connectivity index (χ1v) is 13.4. The number of anilines is 2. The number of nitriles is 1. The van der Waals surface area contributed by atoms with Gasteiger partial charge in [-0.1, -0.05) is 30.3 Å². The monoisotopic (exact) mass is 535 g/mol. The number of urea groups is 1. The van der Waals surface area contributed by atoms with E-state index in [1.165, 1.54) is 0 Å². The van der Waals surface area contributed by atoms with Crippen molar-refractivity contribution in [2.75, 3.05) is 17.3 Å². The quantitative estimate of drug-likeness (QED) is 0.308. The highest BCUT2D eigenvalue weighted by molar-refractivity contribution is 5.93. The van der Waals surface area contributed by atoms with Crippen LogP contribution in [0.1, 0.15) is 36.8 Å². The first-order valence-electron chi connectivity index (χ1n) is 13.4. The number of pyridine rings is 1. The Labute approximate surface area is 234 Å². The summed E-state index contributed by atoms with van der Waals surface area (Å²) >= 11 is 0. The number of hydrogen-bond donors (Lipinski definition) is 2. The van der Waals surface area contributed by atoms with Crippen LogP contribution < -0.4 is 20.3 Å². The number of amides is 2. The molecule has 2 aromatic carbocycles. The average molecular weight is 536 g/mol. The van der Waals surface area contributed by atoms with E-state index in [0.717, 1.165) is 53.9 Å². The van der Waals surface area contributed by atoms with Crippen molar-refractivity contribution in [1.29, 1.82) is 5.26 Å². The molecule has 9 heteroatoms. The van der Waals surface area contributed by atoms with E-state index in [0.29, 0.717) is 17.9 Å². The summed E-state index contributed by atoms with van der Waals surface area (Å²) in [5.74, 6) is 1.45. The number of nitrogens with zero attached hydrogens (tertiary/aromatic N) is 5. The fourth-order valence-corrected chi connectivity index (χ4v) is 5.21. The third-order valence-corrected chi connectivity index (χ3v) is 7.29. The summed E-state index contributed by atoms with van der Waals surface area (Å²) in [5.41, 5.74) is 4.25. The zero-order valence-electron chi connectivity index (χ0n) is 22.7. The molecule has 2 N–H and O–H groups in total. The molecule has 1 aliphatic carbocycles. The van der Waals surface area contributed by atoms with Crippen molar-refractivity contribution >= 4 is 17.5 Å². The van der Waals surface area contributed by atoms with Crippen molar-refractivity contribution in [3.63, 3.8) is 0 Å². The molecular formula is C31H33N7O2. The fourth-order valence-electron chi connectivity index (χ4n) is 5.21. The second-order valence-corrected chi connectivity index (χ2v) is 10.00. The Morgan fingerprint density at radius 3 is 2.55 bits per heavy atom. The molecule has 204 valence electrons. The van der Waals surface area contributed by atoms with Crippen LogP contribution in [-0.2, 0) is 13.6 Å². The molecule has 0 atom stereocenters. The van der Waals surface area contributed by atoms with Gasteiger partial charge in [0.1, 0.15) is 17.6 Å². The first-order chi connectivity index (χ1) is 19.5. The second kappa shape index (κ2) is 12.3. The predicted molar refractivity (Wildman–Crippen MR) is 155 cm³/mol. The highest BCUT2D eigenvalue weighted by Crippen LogP contribution is 2.36. The van der Waals surface area contributed by atoms with Gasteiger partial charge in [-0.15, -0.1) is 0 Å². The van der Waals surface area contributed by atoms with Crippen molar-refractivity contribution in [2.45, 2.75) is 44.3 Å². The van der Waals surface area contributed by atoms with Crippen molar-refractivity contribution < 1.29 is 9.53 Å². The van der Waals surface area contributed by atoms with E-state index in [4.69, 9.17) is 10.00 Å². The van der Waals surface area contributed by atoms with Crippen LogP contribution in [-0.4, -0.2) is 40.0 Å². The van der Waals surface area contributed by atoms with Gasteiger partial charge in [0.2, 0.25) is 0 Å². The number of ether oxygens (including phenoxy) is 1. The van der Waals surface area contributed by atoms with Gasteiger partial charge in [0.15, 0.2) is 0 Å². The molecule has 0 saturated heterocycles. The van der Waals surface area contributed by atoms with Crippen LogP contribution in [0, 0.1) is 11.3 Å². The minimum Gasteiger partial charge on any atom is -0.496 e. The summed E-state index contributed by atoms with van der Waals surface area (Å²) in [6, 6.07) is 21.7. The van der Waals surface area contributed by atoms with Gasteiger partial charge in [0, 0.05) is 61.0 Å². The third kappa shape index (κ3) is 6.24. The maximum Gasteiger partial charge on any atom is 0.322 e. The zero-order valence-corrected chi connectivity index (χ0v) is 22.7. The lowest BCUT2D eigenvalue weighted by Crippen LogP contribution is -2.48. The van der Waals surface area contributed by atoms with Gasteiger partial charge in [-0.05, 0) is 55.5 Å². The summed E-state index contributed by atoms with van der Waals surface area (Å²) < 4.78 is 7.52. The van der Waals surface area contributed by atoms with Crippen molar-refractivity contribution in [2.24, 2.45) is 7.05 Å². The van der Waals surface area contributed by atoms with Gasteiger partial charge >= 0.3 is 6.03 Å². The van der Waals surface area contributed by atoms with E-state index in [1.807, 2.05) is 72.7 Å². The van der Waals surface area contributed by atoms with E-state index in [9.17, 15) is 4.79 Å². The van der Waals surface area contributed by atoms with Crippen molar-refractivity contribution in [1.82, 2.24) is 20.1 Å². The predicted octanol–water partition coefficient (Wildman–Crippen LogP) is 5.50. The number of nitrogens with one attached hydrogen (secondary N) is 2. The minimum atomic E-state index is -0.134. The number of benzene rings is 2. The lowest BCUT2D eigenvalue weighted by Gasteiger charge is -2.37. The van der Waals surface area contributed by atoms with Crippen LogP contribution in [0.2, 0.25) is 0 Å². The SMILES string of the molecule is COc1cc(N(C(=O)NCc2ccccc2)[C@H]2CC[C@H](Nc3ccc(C#N)cn3)CC2)ccc1-c1cnn(C)c1. The molecule has 2 amide bonds. The summed E-state index contributed by atoms with van der Waals surface area (Å²) in [7, 11) is 3.53. The molecule has 0 aliphatic heterocycles. The molecule has 0 bridgehead atoms. The van der Waals surface area contributed by atoms with E-state index < -0.39 is 0 Å². The van der Waals surface area contributed by atoms with Crippen LogP contribution in [0.4, 0.5) is 16.3 Å². The van der Waals surface area contributed by atoms with Crippen molar-refractivity contribution in [3.8, 4) is 22.9 Å². The van der Waals surface area contributed by atoms with E-state index >= 15 is 0 Å². The molecule has 1 saturated carbocycles. The lowest BCUT2D eigenvalue weighted by molar-refractivity contribution is 0.240. The van der Waals surface area contributed by atoms with Crippen LogP contribution in [0.5, 0.6) is 5.75 Å². The van der Waals surface area contributed by atoms with Crippen LogP contribution in [0.3, 0.4) is 0 Å². The topological polar surface area (TPSA) is 108 Å². The number of carbonyl (C=O) groups excluding carboxylic acids is 1. The normalized spacial score (nSPS) is 16.5. The van der Waals surface area contributed by atoms with E-state index in [2.05, 4.69) is 26.8 Å². The molecular weight excluding hydrogens is 502 g/mol. The molecule has 0 unspecified atom stereocenters. The Kier molecular flexibility index (Phi) is 8.26. The number of rotatable bonds is 8. The van der Waals surface area contributed by atoms with Gasteiger partial charge in [-0.3, -0.25) is 9.58 Å². The van der Waals surface area contributed by atoms with E-state index in [-0.39, 0.29) is 18.1 Å². The maximum atomic E-state index is 13.7. The highest BCUT2D eigenvalue weighted by atomic mass is 16.5. The number of aromatic nitrogens is 3. The minimum absolute atomic E-state index is 0.0247. The Morgan fingerprint density at radius 2 is 1.90 bits per heavy atom. The number of methoxy groups -OCH3 is 1. The standard InChI is InChI=1S/C31H33N7O2/c1-37-21-24(20-35-37)28-14-13-27(16-29(28)40-2)38(31(39)34-18-22-6-4-3-5-7-22)26-11-9-25(10-12-26)36-30-15-8-23(17-32)19-33-30/h3-8,13-16,19-21,25-26H,9-12,18H2,1-2H3,(H,33,36)(H,34,39)/t25-,26-. The Morgan fingerprint density at radius 1 is 1.10 bits per heavy atom. The van der Waals surface area contributed by atoms with Crippen molar-refractivity contribution in [3.05, 3.63) is 90.4 Å². The largest absolute Gasteiger partial charge is 0.496 e. The summed E-state index contributed by atoms with van der Waals surface area (Å²) in [6.45, 7) is 0.447. The van der Waals surface area contributed by atoms with Gasteiger partial charge in [0.05, 0.1) is 18.9 Å². The smallest absolute Gasteiger partial charge is 0.322 e. The number of aryl methyl sites for hydroxylation is 1. The number of carbonyl (C=O) groups is 1. The molecule has 1 fully saturated rings. The number of hydrogen-bond acceptors (Lipinski definition) is 6. The molecule has 5 rings (SSSR count).